The molecule has 29 heavy (non-hydrogen) atoms. The summed E-state index contributed by atoms with van der Waals surface area (Å²) in [5, 5.41) is 12.7. The van der Waals surface area contributed by atoms with Crippen LogP contribution in [0.25, 0.3) is 0 Å². The van der Waals surface area contributed by atoms with Crippen molar-refractivity contribution in [2.45, 2.75) is 33.2 Å². The molecule has 0 aliphatic rings. The van der Waals surface area contributed by atoms with Crippen LogP contribution in [0.4, 0.5) is 16.2 Å². The highest BCUT2D eigenvalue weighted by Crippen LogP contribution is 2.16. The molecule has 0 bridgehead atoms. The summed E-state index contributed by atoms with van der Waals surface area (Å²) in [5.74, 6) is 0.611. The first-order valence-electron chi connectivity index (χ1n) is 9.38. The molecule has 0 unspecified atom stereocenters. The minimum Gasteiger partial charge on any atom is -0.467 e. The predicted molar refractivity (Wildman–Crippen MR) is 111 cm³/mol. The fraction of sp³-hybridized carbons (Fsp3) is 0.286. The second kappa shape index (κ2) is 9.09. The molecule has 3 N–H and O–H groups in total. The summed E-state index contributed by atoms with van der Waals surface area (Å²) >= 11 is 0. The van der Waals surface area contributed by atoms with Gasteiger partial charge in [0.15, 0.2) is 0 Å². The molecule has 3 rings (SSSR count). The van der Waals surface area contributed by atoms with Crippen molar-refractivity contribution in [3.8, 4) is 0 Å². The predicted octanol–water partition coefficient (Wildman–Crippen LogP) is 3.52. The number of urea groups is 1. The van der Waals surface area contributed by atoms with E-state index in [2.05, 4.69) is 21.0 Å². The average molecular weight is 395 g/mol. The van der Waals surface area contributed by atoms with Gasteiger partial charge in [0.2, 0.25) is 5.91 Å². The molecule has 0 spiro atoms. The summed E-state index contributed by atoms with van der Waals surface area (Å²) in [6, 6.07) is 10.2. The van der Waals surface area contributed by atoms with E-state index in [0.717, 1.165) is 17.0 Å². The van der Waals surface area contributed by atoms with Crippen molar-refractivity contribution >= 4 is 23.3 Å². The van der Waals surface area contributed by atoms with Crippen LogP contribution in [0, 0.1) is 13.8 Å². The zero-order valence-corrected chi connectivity index (χ0v) is 16.8. The van der Waals surface area contributed by atoms with Crippen LogP contribution in [0.3, 0.4) is 0 Å². The molecular formula is C21H25N5O3. The highest BCUT2D eigenvalue weighted by Gasteiger charge is 2.11. The topological polar surface area (TPSA) is 101 Å². The third-order valence-electron chi connectivity index (χ3n) is 4.69. The fourth-order valence-corrected chi connectivity index (χ4v) is 3.03. The fourth-order valence-electron chi connectivity index (χ4n) is 3.03. The van der Waals surface area contributed by atoms with Crippen LogP contribution >= 0.6 is 0 Å². The minimum absolute atomic E-state index is 0.0652. The van der Waals surface area contributed by atoms with Crippen LogP contribution in [-0.4, -0.2) is 21.7 Å². The van der Waals surface area contributed by atoms with E-state index >= 15 is 0 Å². The minimum atomic E-state index is -0.333. The molecular weight excluding hydrogens is 370 g/mol. The van der Waals surface area contributed by atoms with Gasteiger partial charge in [-0.25, -0.2) is 4.79 Å². The van der Waals surface area contributed by atoms with Gasteiger partial charge in [-0.2, -0.15) is 5.10 Å². The van der Waals surface area contributed by atoms with E-state index in [1.807, 2.05) is 25.6 Å². The maximum absolute atomic E-state index is 12.2. The number of aryl methyl sites for hydroxylation is 2. The number of hydrogen-bond donors (Lipinski definition) is 3. The largest absolute Gasteiger partial charge is 0.467 e. The molecule has 0 aliphatic heterocycles. The Kier molecular flexibility index (Phi) is 6.33. The Hall–Kier alpha value is -3.55. The molecule has 8 heteroatoms. The first kappa shape index (κ1) is 20.2. The van der Waals surface area contributed by atoms with Gasteiger partial charge in [-0.15, -0.1) is 0 Å². The van der Waals surface area contributed by atoms with Gasteiger partial charge in [0.25, 0.3) is 0 Å². The van der Waals surface area contributed by atoms with E-state index in [4.69, 9.17) is 4.42 Å². The maximum atomic E-state index is 12.2. The number of aromatic nitrogens is 2. The van der Waals surface area contributed by atoms with Crippen LogP contribution in [0.15, 0.2) is 47.1 Å². The number of hydrogen-bond acceptors (Lipinski definition) is 4. The summed E-state index contributed by atoms with van der Waals surface area (Å²) in [6.07, 6.45) is 2.58. The van der Waals surface area contributed by atoms with Gasteiger partial charge in [0.05, 0.1) is 18.5 Å². The number of furan rings is 1. The van der Waals surface area contributed by atoms with Crippen molar-refractivity contribution in [1.29, 1.82) is 0 Å². The first-order chi connectivity index (χ1) is 13.9. The molecule has 0 saturated carbocycles. The van der Waals surface area contributed by atoms with Gasteiger partial charge in [-0.3, -0.25) is 9.48 Å². The smallest absolute Gasteiger partial charge is 0.319 e. The van der Waals surface area contributed by atoms with Crippen molar-refractivity contribution in [1.82, 2.24) is 15.1 Å². The van der Waals surface area contributed by atoms with Crippen molar-refractivity contribution in [3.05, 3.63) is 65.4 Å². The number of amides is 3. The van der Waals surface area contributed by atoms with Crippen LogP contribution in [0.2, 0.25) is 0 Å². The lowest BCUT2D eigenvalue weighted by Gasteiger charge is -2.09. The molecule has 0 aliphatic carbocycles. The second-order valence-electron chi connectivity index (χ2n) is 6.79. The van der Waals surface area contributed by atoms with E-state index in [-0.39, 0.29) is 11.9 Å². The number of nitrogens with one attached hydrogen (secondary N) is 3. The summed E-state index contributed by atoms with van der Waals surface area (Å²) in [5.41, 5.74) is 4.45. The van der Waals surface area contributed by atoms with Crippen molar-refractivity contribution in [2.24, 2.45) is 7.05 Å². The Morgan fingerprint density at radius 2 is 1.76 bits per heavy atom. The van der Waals surface area contributed by atoms with Crippen molar-refractivity contribution in [3.63, 3.8) is 0 Å². The Bertz CT molecular complexity index is 975. The number of benzene rings is 1. The average Bonchev–Trinajstić information content (AvgIpc) is 3.29. The third-order valence-corrected chi connectivity index (χ3v) is 4.69. The number of carbonyl (C=O) groups is 2. The Labute approximate surface area is 169 Å². The van der Waals surface area contributed by atoms with Crippen molar-refractivity contribution in [2.75, 3.05) is 10.6 Å². The van der Waals surface area contributed by atoms with Gasteiger partial charge in [-0.05, 0) is 62.2 Å². The van der Waals surface area contributed by atoms with E-state index < -0.39 is 0 Å². The van der Waals surface area contributed by atoms with Crippen LogP contribution < -0.4 is 16.0 Å². The van der Waals surface area contributed by atoms with Gasteiger partial charge < -0.3 is 20.4 Å². The molecule has 3 aromatic rings. The number of anilines is 2. The number of carbonyl (C=O) groups excluding carboxylic acids is 2. The maximum Gasteiger partial charge on any atom is 0.319 e. The van der Waals surface area contributed by atoms with Gasteiger partial charge in [0, 0.05) is 30.5 Å². The normalized spacial score (nSPS) is 10.6. The number of rotatable bonds is 7. The SMILES string of the molecule is Cc1nn(C)c(C)c1CCC(=O)Nc1ccc(NC(=O)NCc2ccco2)cc1. The van der Waals surface area contributed by atoms with E-state index in [1.54, 1.807) is 42.7 Å². The molecule has 1 aromatic carbocycles. The molecule has 152 valence electrons. The van der Waals surface area contributed by atoms with Crippen molar-refractivity contribution < 1.29 is 14.0 Å². The van der Waals surface area contributed by atoms with Crippen LogP contribution in [-0.2, 0) is 24.8 Å². The first-order valence-corrected chi connectivity index (χ1v) is 9.38. The lowest BCUT2D eigenvalue weighted by molar-refractivity contribution is -0.116. The molecule has 2 heterocycles. The Balaban J connectivity index is 1.45. The second-order valence-corrected chi connectivity index (χ2v) is 6.79. The quantitative estimate of drug-likeness (QED) is 0.570. The molecule has 0 atom stereocenters. The molecule has 0 fully saturated rings. The lowest BCUT2D eigenvalue weighted by atomic mass is 10.1. The lowest BCUT2D eigenvalue weighted by Crippen LogP contribution is -2.27. The van der Waals surface area contributed by atoms with Crippen LogP contribution in [0.5, 0.6) is 0 Å². The summed E-state index contributed by atoms with van der Waals surface area (Å²) in [7, 11) is 1.90. The Morgan fingerprint density at radius 1 is 1.07 bits per heavy atom. The van der Waals surface area contributed by atoms with Crippen LogP contribution in [0.1, 0.15) is 29.1 Å². The standard InChI is InChI=1S/C21H25N5O3/c1-14-19(15(2)26(3)25-14)10-11-20(27)23-16-6-8-17(9-7-16)24-21(28)22-13-18-5-4-12-29-18/h4-9,12H,10-11,13H2,1-3H3,(H,23,27)(H2,22,24,28). The number of nitrogens with zero attached hydrogens (tertiary/aromatic N) is 2. The van der Waals surface area contributed by atoms with Gasteiger partial charge in [-0.1, -0.05) is 0 Å². The summed E-state index contributed by atoms with van der Waals surface area (Å²) < 4.78 is 6.99. The monoisotopic (exact) mass is 395 g/mol. The van der Waals surface area contributed by atoms with Gasteiger partial charge in [0.1, 0.15) is 5.76 Å². The summed E-state index contributed by atoms with van der Waals surface area (Å²) in [6.45, 7) is 4.27. The van der Waals surface area contributed by atoms with Gasteiger partial charge >= 0.3 is 6.03 Å². The molecule has 0 radical (unpaired) electrons. The highest BCUT2D eigenvalue weighted by molar-refractivity contribution is 5.92. The zero-order valence-electron chi connectivity index (χ0n) is 16.8. The molecule has 2 aromatic heterocycles. The summed E-state index contributed by atoms with van der Waals surface area (Å²) in [4.78, 5) is 24.2. The van der Waals surface area contributed by atoms with E-state index in [1.165, 1.54) is 0 Å². The van der Waals surface area contributed by atoms with E-state index in [0.29, 0.717) is 36.5 Å². The molecule has 8 nitrogen and oxygen atoms in total. The zero-order chi connectivity index (χ0) is 20.8. The third kappa shape index (κ3) is 5.47. The molecule has 0 saturated heterocycles. The Morgan fingerprint density at radius 3 is 2.34 bits per heavy atom. The van der Waals surface area contributed by atoms with E-state index in [9.17, 15) is 9.59 Å². The molecule has 3 amide bonds. The highest BCUT2D eigenvalue weighted by atomic mass is 16.3.